The molecule has 0 heterocycles. The van der Waals surface area contributed by atoms with Gasteiger partial charge < -0.3 is 15.6 Å². The van der Waals surface area contributed by atoms with Crippen LogP contribution in [-0.2, 0) is 0 Å². The molecule has 4 heteroatoms. The summed E-state index contributed by atoms with van der Waals surface area (Å²) < 4.78 is 6.05. The first-order valence-corrected chi connectivity index (χ1v) is 5.13. The lowest BCUT2D eigenvalue weighted by Gasteiger charge is -2.18. The standard InChI is InChI=1S/C10H14BrNO2/c1-6(13)9(12)7-4-3-5-8(11)10(7)14-2/h3-6,9,13H,12H2,1-2H3/t6-,9-/m1/s1. The minimum absolute atomic E-state index is 0.428. The van der Waals surface area contributed by atoms with Crippen LogP contribution in [0.25, 0.3) is 0 Å². The molecule has 0 saturated heterocycles. The highest BCUT2D eigenvalue weighted by atomic mass is 79.9. The van der Waals surface area contributed by atoms with E-state index in [1.165, 1.54) is 0 Å². The van der Waals surface area contributed by atoms with Gasteiger partial charge in [-0.05, 0) is 28.9 Å². The fourth-order valence-corrected chi connectivity index (χ4v) is 1.81. The molecule has 78 valence electrons. The van der Waals surface area contributed by atoms with Gasteiger partial charge in [0, 0.05) is 5.56 Å². The molecule has 0 saturated carbocycles. The number of para-hydroxylation sites is 1. The maximum Gasteiger partial charge on any atom is 0.137 e. The monoisotopic (exact) mass is 259 g/mol. The van der Waals surface area contributed by atoms with Crippen molar-refractivity contribution in [3.05, 3.63) is 28.2 Å². The third-order valence-corrected chi connectivity index (χ3v) is 2.70. The van der Waals surface area contributed by atoms with E-state index in [0.717, 1.165) is 10.0 Å². The van der Waals surface area contributed by atoms with Gasteiger partial charge in [0.1, 0.15) is 5.75 Å². The number of hydrogen-bond acceptors (Lipinski definition) is 3. The van der Waals surface area contributed by atoms with Crippen molar-refractivity contribution in [1.29, 1.82) is 0 Å². The SMILES string of the molecule is COc1c(Br)cccc1[C@H](N)[C@@H](C)O. The summed E-state index contributed by atoms with van der Waals surface area (Å²) in [4.78, 5) is 0. The van der Waals surface area contributed by atoms with Gasteiger partial charge in [-0.2, -0.15) is 0 Å². The number of halogens is 1. The van der Waals surface area contributed by atoms with Crippen molar-refractivity contribution in [3.63, 3.8) is 0 Å². The Morgan fingerprint density at radius 1 is 1.50 bits per heavy atom. The van der Waals surface area contributed by atoms with Crippen molar-refractivity contribution in [1.82, 2.24) is 0 Å². The van der Waals surface area contributed by atoms with Crippen LogP contribution in [0.4, 0.5) is 0 Å². The molecule has 2 atom stereocenters. The first-order chi connectivity index (χ1) is 6.57. The topological polar surface area (TPSA) is 55.5 Å². The van der Waals surface area contributed by atoms with Gasteiger partial charge >= 0.3 is 0 Å². The van der Waals surface area contributed by atoms with E-state index in [2.05, 4.69) is 15.9 Å². The van der Waals surface area contributed by atoms with Gasteiger partial charge in [0.25, 0.3) is 0 Å². The van der Waals surface area contributed by atoms with E-state index in [0.29, 0.717) is 5.75 Å². The minimum atomic E-state index is -0.599. The van der Waals surface area contributed by atoms with Gasteiger partial charge in [-0.25, -0.2) is 0 Å². The predicted molar refractivity (Wildman–Crippen MR) is 59.3 cm³/mol. The van der Waals surface area contributed by atoms with Gasteiger partial charge in [-0.3, -0.25) is 0 Å². The highest BCUT2D eigenvalue weighted by molar-refractivity contribution is 9.10. The molecule has 0 amide bonds. The van der Waals surface area contributed by atoms with E-state index in [-0.39, 0.29) is 0 Å². The molecule has 0 radical (unpaired) electrons. The molecule has 0 aromatic heterocycles. The third-order valence-electron chi connectivity index (χ3n) is 2.08. The van der Waals surface area contributed by atoms with Crippen LogP contribution in [0.2, 0.25) is 0 Å². The Bertz CT molecular complexity index is 315. The van der Waals surface area contributed by atoms with Crippen molar-refractivity contribution in [3.8, 4) is 5.75 Å². The van der Waals surface area contributed by atoms with Gasteiger partial charge in [0.15, 0.2) is 0 Å². The summed E-state index contributed by atoms with van der Waals surface area (Å²) in [7, 11) is 1.58. The number of nitrogens with two attached hydrogens (primary N) is 1. The summed E-state index contributed by atoms with van der Waals surface area (Å²) in [5, 5.41) is 9.39. The Balaban J connectivity index is 3.13. The highest BCUT2D eigenvalue weighted by Crippen LogP contribution is 2.32. The molecular weight excluding hydrogens is 246 g/mol. The average molecular weight is 260 g/mol. The van der Waals surface area contributed by atoms with Crippen LogP contribution in [0.1, 0.15) is 18.5 Å². The van der Waals surface area contributed by atoms with Crippen molar-refractivity contribution < 1.29 is 9.84 Å². The van der Waals surface area contributed by atoms with Crippen molar-refractivity contribution in [2.45, 2.75) is 19.1 Å². The Morgan fingerprint density at radius 3 is 2.64 bits per heavy atom. The van der Waals surface area contributed by atoms with Crippen LogP contribution in [0.15, 0.2) is 22.7 Å². The summed E-state index contributed by atoms with van der Waals surface area (Å²) in [5.41, 5.74) is 6.63. The number of benzene rings is 1. The molecule has 0 bridgehead atoms. The second-order valence-electron chi connectivity index (χ2n) is 3.13. The number of aliphatic hydroxyl groups is 1. The first-order valence-electron chi connectivity index (χ1n) is 4.34. The van der Waals surface area contributed by atoms with Gasteiger partial charge in [0.2, 0.25) is 0 Å². The summed E-state index contributed by atoms with van der Waals surface area (Å²) >= 11 is 3.36. The van der Waals surface area contributed by atoms with Crippen molar-refractivity contribution in [2.24, 2.45) is 5.73 Å². The number of methoxy groups -OCH3 is 1. The summed E-state index contributed by atoms with van der Waals surface area (Å²) in [6.45, 7) is 1.66. The summed E-state index contributed by atoms with van der Waals surface area (Å²) in [6.07, 6.45) is -0.599. The molecule has 1 aromatic carbocycles. The molecule has 1 aromatic rings. The van der Waals surface area contributed by atoms with E-state index in [1.807, 2.05) is 18.2 Å². The lowest BCUT2D eigenvalue weighted by atomic mass is 10.0. The molecule has 3 N–H and O–H groups in total. The first kappa shape index (κ1) is 11.5. The molecule has 0 aliphatic carbocycles. The summed E-state index contributed by atoms with van der Waals surface area (Å²) in [5.74, 6) is 0.681. The van der Waals surface area contributed by atoms with E-state index in [1.54, 1.807) is 14.0 Å². The molecule has 0 aliphatic heterocycles. The maximum absolute atomic E-state index is 9.39. The fraction of sp³-hybridized carbons (Fsp3) is 0.400. The lowest BCUT2D eigenvalue weighted by Crippen LogP contribution is -2.23. The Morgan fingerprint density at radius 2 is 2.14 bits per heavy atom. The molecule has 14 heavy (non-hydrogen) atoms. The van der Waals surface area contributed by atoms with Gasteiger partial charge in [-0.15, -0.1) is 0 Å². The van der Waals surface area contributed by atoms with Crippen LogP contribution < -0.4 is 10.5 Å². The Kier molecular flexibility index (Phi) is 3.92. The average Bonchev–Trinajstić information content (AvgIpc) is 2.16. The van der Waals surface area contributed by atoms with Crippen LogP contribution >= 0.6 is 15.9 Å². The van der Waals surface area contributed by atoms with Crippen LogP contribution in [0.5, 0.6) is 5.75 Å². The van der Waals surface area contributed by atoms with Crippen LogP contribution in [0.3, 0.4) is 0 Å². The van der Waals surface area contributed by atoms with Crippen LogP contribution in [0, 0.1) is 0 Å². The number of ether oxygens (including phenoxy) is 1. The molecule has 3 nitrogen and oxygen atoms in total. The molecule has 0 spiro atoms. The second kappa shape index (κ2) is 4.77. The highest BCUT2D eigenvalue weighted by Gasteiger charge is 2.17. The number of rotatable bonds is 3. The summed E-state index contributed by atoms with van der Waals surface area (Å²) in [6, 6.07) is 5.16. The smallest absolute Gasteiger partial charge is 0.137 e. The van der Waals surface area contributed by atoms with Crippen molar-refractivity contribution in [2.75, 3.05) is 7.11 Å². The van der Waals surface area contributed by atoms with Gasteiger partial charge in [-0.1, -0.05) is 12.1 Å². The van der Waals surface area contributed by atoms with E-state index >= 15 is 0 Å². The lowest BCUT2D eigenvalue weighted by molar-refractivity contribution is 0.162. The predicted octanol–water partition coefficient (Wildman–Crippen LogP) is 1.84. The largest absolute Gasteiger partial charge is 0.495 e. The zero-order valence-corrected chi connectivity index (χ0v) is 9.78. The van der Waals surface area contributed by atoms with Crippen LogP contribution in [-0.4, -0.2) is 18.3 Å². The van der Waals surface area contributed by atoms with Gasteiger partial charge in [0.05, 0.1) is 23.7 Å². The molecule has 0 fully saturated rings. The molecule has 0 aliphatic rings. The minimum Gasteiger partial charge on any atom is -0.495 e. The Hall–Kier alpha value is -0.580. The van der Waals surface area contributed by atoms with E-state index < -0.39 is 12.1 Å². The number of hydrogen-bond donors (Lipinski definition) is 2. The van der Waals surface area contributed by atoms with E-state index in [9.17, 15) is 5.11 Å². The maximum atomic E-state index is 9.39. The molecule has 1 rings (SSSR count). The van der Waals surface area contributed by atoms with E-state index in [4.69, 9.17) is 10.5 Å². The third kappa shape index (κ3) is 2.26. The Labute approximate surface area is 92.0 Å². The molecule has 0 unspecified atom stereocenters. The molecular formula is C10H14BrNO2. The fourth-order valence-electron chi connectivity index (χ4n) is 1.26. The quantitative estimate of drug-likeness (QED) is 0.871. The normalized spacial score (nSPS) is 14.9. The zero-order chi connectivity index (χ0) is 10.7. The van der Waals surface area contributed by atoms with Crippen molar-refractivity contribution >= 4 is 15.9 Å². The second-order valence-corrected chi connectivity index (χ2v) is 3.98. The number of aliphatic hydroxyl groups excluding tert-OH is 1. The zero-order valence-electron chi connectivity index (χ0n) is 8.20.